The van der Waals surface area contributed by atoms with Crippen LogP contribution in [0.2, 0.25) is 0 Å². The molecule has 128 valence electrons. The summed E-state index contributed by atoms with van der Waals surface area (Å²) in [6.45, 7) is 0.225. The Hall–Kier alpha value is -2.31. The van der Waals surface area contributed by atoms with E-state index in [1.54, 1.807) is 6.07 Å². The van der Waals surface area contributed by atoms with Crippen molar-refractivity contribution in [1.29, 1.82) is 0 Å². The normalized spacial score (nSPS) is 15.6. The van der Waals surface area contributed by atoms with E-state index >= 15 is 0 Å². The fourth-order valence-electron chi connectivity index (χ4n) is 2.87. The average molecular weight is 338 g/mol. The van der Waals surface area contributed by atoms with Gasteiger partial charge in [-0.2, -0.15) is 13.2 Å². The van der Waals surface area contributed by atoms with Crippen molar-refractivity contribution in [1.82, 2.24) is 10.5 Å². The molecule has 0 radical (unpaired) electrons. The molecule has 1 N–H and O–H groups in total. The Morgan fingerprint density at radius 2 is 1.88 bits per heavy atom. The Morgan fingerprint density at radius 1 is 1.21 bits per heavy atom. The zero-order chi connectivity index (χ0) is 17.2. The second-order valence-corrected chi connectivity index (χ2v) is 5.95. The molecule has 1 amide bonds. The van der Waals surface area contributed by atoms with E-state index in [0.29, 0.717) is 17.0 Å². The molecule has 1 aromatic carbocycles. The lowest BCUT2D eigenvalue weighted by Gasteiger charge is -2.08. The summed E-state index contributed by atoms with van der Waals surface area (Å²) in [7, 11) is 0. The zero-order valence-electron chi connectivity index (χ0n) is 12.9. The standard InChI is InChI=1S/C17H17F3N2O2/c18-17(19,20)13-7-5-11(6-8-13)15-9-14(24-22-15)10-21-16(23)12-3-1-2-4-12/h5-9,12H,1-4,10H2,(H,21,23). The smallest absolute Gasteiger partial charge is 0.359 e. The van der Waals surface area contributed by atoms with Gasteiger partial charge >= 0.3 is 6.18 Å². The van der Waals surface area contributed by atoms with E-state index in [-0.39, 0.29) is 18.4 Å². The van der Waals surface area contributed by atoms with E-state index < -0.39 is 11.7 Å². The van der Waals surface area contributed by atoms with Gasteiger partial charge in [0.25, 0.3) is 0 Å². The van der Waals surface area contributed by atoms with E-state index in [1.807, 2.05) is 0 Å². The lowest BCUT2D eigenvalue weighted by atomic mass is 10.1. The van der Waals surface area contributed by atoms with Gasteiger partial charge in [-0.1, -0.05) is 30.1 Å². The number of amides is 1. The SMILES string of the molecule is O=C(NCc1cc(-c2ccc(C(F)(F)F)cc2)no1)C1CCCC1. The van der Waals surface area contributed by atoms with Crippen LogP contribution in [0.1, 0.15) is 37.0 Å². The third kappa shape index (κ3) is 3.77. The molecule has 1 aromatic heterocycles. The molecular formula is C17H17F3N2O2. The summed E-state index contributed by atoms with van der Waals surface area (Å²) in [6, 6.07) is 6.33. The Morgan fingerprint density at radius 3 is 2.50 bits per heavy atom. The molecule has 1 heterocycles. The molecule has 0 atom stereocenters. The molecule has 7 heteroatoms. The Bertz CT molecular complexity index is 701. The molecule has 24 heavy (non-hydrogen) atoms. The van der Waals surface area contributed by atoms with Crippen LogP contribution in [-0.4, -0.2) is 11.1 Å². The molecule has 1 saturated carbocycles. The van der Waals surface area contributed by atoms with Crippen LogP contribution in [0.4, 0.5) is 13.2 Å². The van der Waals surface area contributed by atoms with E-state index in [2.05, 4.69) is 10.5 Å². The summed E-state index contributed by atoms with van der Waals surface area (Å²) in [5.74, 6) is 0.554. The van der Waals surface area contributed by atoms with Crippen LogP contribution in [0.15, 0.2) is 34.9 Å². The first-order chi connectivity index (χ1) is 11.4. The first kappa shape index (κ1) is 16.5. The van der Waals surface area contributed by atoms with E-state index in [9.17, 15) is 18.0 Å². The van der Waals surface area contributed by atoms with Crippen molar-refractivity contribution in [2.24, 2.45) is 5.92 Å². The second kappa shape index (κ2) is 6.67. The first-order valence-electron chi connectivity index (χ1n) is 7.84. The van der Waals surface area contributed by atoms with Crippen molar-refractivity contribution >= 4 is 5.91 Å². The Kier molecular flexibility index (Phi) is 4.59. The number of benzene rings is 1. The molecular weight excluding hydrogens is 321 g/mol. The number of aromatic nitrogens is 1. The average Bonchev–Trinajstić information content (AvgIpc) is 3.23. The Balaban J connectivity index is 1.61. The number of nitrogens with one attached hydrogen (secondary N) is 1. The first-order valence-corrected chi connectivity index (χ1v) is 7.84. The van der Waals surface area contributed by atoms with Gasteiger partial charge in [0.2, 0.25) is 5.91 Å². The Labute approximate surface area is 137 Å². The maximum Gasteiger partial charge on any atom is 0.416 e. The van der Waals surface area contributed by atoms with E-state index in [4.69, 9.17) is 4.52 Å². The van der Waals surface area contributed by atoms with Crippen molar-refractivity contribution in [2.45, 2.75) is 38.4 Å². The molecule has 3 rings (SSSR count). The van der Waals surface area contributed by atoms with Crippen LogP contribution in [0, 0.1) is 5.92 Å². The lowest BCUT2D eigenvalue weighted by Crippen LogP contribution is -2.28. The maximum atomic E-state index is 12.6. The van der Waals surface area contributed by atoms with Crippen LogP contribution in [0.25, 0.3) is 11.3 Å². The number of nitrogens with zero attached hydrogens (tertiary/aromatic N) is 1. The highest BCUT2D eigenvalue weighted by Crippen LogP contribution is 2.31. The second-order valence-electron chi connectivity index (χ2n) is 5.95. The number of halogens is 3. The highest BCUT2D eigenvalue weighted by Gasteiger charge is 2.30. The quantitative estimate of drug-likeness (QED) is 0.910. The van der Waals surface area contributed by atoms with Crippen molar-refractivity contribution in [3.05, 3.63) is 41.7 Å². The van der Waals surface area contributed by atoms with Crippen molar-refractivity contribution in [3.8, 4) is 11.3 Å². The van der Waals surface area contributed by atoms with Crippen LogP contribution < -0.4 is 5.32 Å². The summed E-state index contributed by atoms with van der Waals surface area (Å²) in [4.78, 5) is 11.9. The van der Waals surface area contributed by atoms with E-state index in [0.717, 1.165) is 37.8 Å². The molecule has 0 spiro atoms. The molecule has 0 saturated heterocycles. The van der Waals surface area contributed by atoms with Crippen LogP contribution in [0.5, 0.6) is 0 Å². The van der Waals surface area contributed by atoms with Gasteiger partial charge in [0, 0.05) is 17.5 Å². The molecule has 1 fully saturated rings. The molecule has 1 aliphatic rings. The monoisotopic (exact) mass is 338 g/mol. The predicted molar refractivity (Wildman–Crippen MR) is 80.7 cm³/mol. The minimum Gasteiger partial charge on any atom is -0.359 e. The zero-order valence-corrected chi connectivity index (χ0v) is 12.9. The maximum absolute atomic E-state index is 12.6. The van der Waals surface area contributed by atoms with Crippen LogP contribution in [-0.2, 0) is 17.5 Å². The van der Waals surface area contributed by atoms with Gasteiger partial charge in [-0.3, -0.25) is 4.79 Å². The number of alkyl halides is 3. The predicted octanol–water partition coefficient (Wildman–Crippen LogP) is 4.17. The van der Waals surface area contributed by atoms with Crippen molar-refractivity contribution in [3.63, 3.8) is 0 Å². The number of hydrogen-bond acceptors (Lipinski definition) is 3. The van der Waals surface area contributed by atoms with Gasteiger partial charge in [0.05, 0.1) is 12.1 Å². The van der Waals surface area contributed by atoms with Crippen molar-refractivity contribution in [2.75, 3.05) is 0 Å². The van der Waals surface area contributed by atoms with Gasteiger partial charge in [-0.15, -0.1) is 0 Å². The van der Waals surface area contributed by atoms with Gasteiger partial charge < -0.3 is 9.84 Å². The molecule has 2 aromatic rings. The molecule has 0 unspecified atom stereocenters. The number of carbonyl (C=O) groups excluding carboxylic acids is 1. The van der Waals surface area contributed by atoms with Crippen molar-refractivity contribution < 1.29 is 22.5 Å². The fourth-order valence-corrected chi connectivity index (χ4v) is 2.87. The third-order valence-corrected chi connectivity index (χ3v) is 4.23. The van der Waals surface area contributed by atoms with Crippen LogP contribution >= 0.6 is 0 Å². The summed E-state index contributed by atoms with van der Waals surface area (Å²) in [5.41, 5.74) is 0.257. The highest BCUT2D eigenvalue weighted by molar-refractivity contribution is 5.78. The largest absolute Gasteiger partial charge is 0.416 e. The fraction of sp³-hybridized carbons (Fsp3) is 0.412. The molecule has 0 bridgehead atoms. The lowest BCUT2D eigenvalue weighted by molar-refractivity contribution is -0.137. The van der Waals surface area contributed by atoms with E-state index in [1.165, 1.54) is 12.1 Å². The van der Waals surface area contributed by atoms with Gasteiger partial charge in [0.1, 0.15) is 5.69 Å². The summed E-state index contributed by atoms with van der Waals surface area (Å²) >= 11 is 0. The molecule has 4 nitrogen and oxygen atoms in total. The summed E-state index contributed by atoms with van der Waals surface area (Å²) in [6.07, 6.45) is -0.368. The topological polar surface area (TPSA) is 55.1 Å². The van der Waals surface area contributed by atoms with Gasteiger partial charge in [-0.25, -0.2) is 0 Å². The molecule has 1 aliphatic carbocycles. The molecule has 0 aliphatic heterocycles. The number of carbonyl (C=O) groups is 1. The number of hydrogen-bond donors (Lipinski definition) is 1. The van der Waals surface area contributed by atoms with Gasteiger partial charge in [-0.05, 0) is 25.0 Å². The summed E-state index contributed by atoms with van der Waals surface area (Å²) < 4.78 is 42.8. The highest BCUT2D eigenvalue weighted by atomic mass is 19.4. The summed E-state index contributed by atoms with van der Waals surface area (Å²) in [5, 5.41) is 6.66. The van der Waals surface area contributed by atoms with Gasteiger partial charge in [0.15, 0.2) is 5.76 Å². The number of rotatable bonds is 4. The minimum atomic E-state index is -4.36. The third-order valence-electron chi connectivity index (χ3n) is 4.23. The minimum absolute atomic E-state index is 0.0139. The van der Waals surface area contributed by atoms with Crippen LogP contribution in [0.3, 0.4) is 0 Å².